The van der Waals surface area contributed by atoms with Crippen molar-refractivity contribution in [2.45, 2.75) is 33.2 Å². The molecule has 6 heteroatoms. The normalized spacial score (nSPS) is 10.8. The van der Waals surface area contributed by atoms with E-state index in [2.05, 4.69) is 10.1 Å². The summed E-state index contributed by atoms with van der Waals surface area (Å²) in [5.41, 5.74) is 1.02. The molecule has 0 atom stereocenters. The minimum absolute atomic E-state index is 0.183. The molecule has 0 saturated heterocycles. The van der Waals surface area contributed by atoms with Gasteiger partial charge in [0.05, 0.1) is 12.1 Å². The number of aromatic carboxylic acids is 1. The molecule has 20 heavy (non-hydrogen) atoms. The Kier molecular flexibility index (Phi) is 4.39. The Hall–Kier alpha value is -1.88. The number of halogens is 1. The Balaban J connectivity index is 2.30. The molecule has 2 aromatic rings. The first-order valence-electron chi connectivity index (χ1n) is 6.49. The number of benzene rings is 1. The summed E-state index contributed by atoms with van der Waals surface area (Å²) >= 11 is 6.13. The zero-order chi connectivity index (χ0) is 14.7. The molecule has 0 aliphatic rings. The Bertz CT molecular complexity index is 637. The molecule has 0 unspecified atom stereocenters. The number of aryl methyl sites for hydroxylation is 2. The molecule has 106 valence electrons. The maximum atomic E-state index is 10.9. The van der Waals surface area contributed by atoms with Gasteiger partial charge in [-0.25, -0.2) is 14.5 Å². The zero-order valence-corrected chi connectivity index (χ0v) is 12.2. The van der Waals surface area contributed by atoms with Crippen molar-refractivity contribution in [3.05, 3.63) is 46.0 Å². The van der Waals surface area contributed by atoms with E-state index in [-0.39, 0.29) is 5.56 Å². The van der Waals surface area contributed by atoms with Crippen LogP contribution in [-0.2, 0) is 19.4 Å². The molecule has 1 N–H and O–H groups in total. The van der Waals surface area contributed by atoms with Crippen LogP contribution in [0.15, 0.2) is 18.2 Å². The molecule has 1 heterocycles. The van der Waals surface area contributed by atoms with Crippen molar-refractivity contribution in [2.24, 2.45) is 0 Å². The lowest BCUT2D eigenvalue weighted by molar-refractivity contribution is 0.0697. The molecular weight excluding hydrogens is 278 g/mol. The van der Waals surface area contributed by atoms with Gasteiger partial charge in [-0.1, -0.05) is 31.5 Å². The van der Waals surface area contributed by atoms with Gasteiger partial charge in [-0.2, -0.15) is 5.10 Å². The van der Waals surface area contributed by atoms with Crippen LogP contribution in [0, 0.1) is 0 Å². The van der Waals surface area contributed by atoms with Gasteiger partial charge in [-0.15, -0.1) is 0 Å². The summed E-state index contributed by atoms with van der Waals surface area (Å²) in [6.45, 7) is 4.53. The Morgan fingerprint density at radius 2 is 2.10 bits per heavy atom. The molecule has 0 amide bonds. The molecule has 0 radical (unpaired) electrons. The van der Waals surface area contributed by atoms with E-state index in [9.17, 15) is 4.79 Å². The summed E-state index contributed by atoms with van der Waals surface area (Å²) in [6, 6.07) is 4.73. The third-order valence-corrected chi connectivity index (χ3v) is 3.40. The first-order chi connectivity index (χ1) is 9.55. The highest BCUT2D eigenvalue weighted by Crippen LogP contribution is 2.19. The molecule has 0 aliphatic carbocycles. The maximum absolute atomic E-state index is 10.9. The quantitative estimate of drug-likeness (QED) is 0.920. The fraction of sp³-hybridized carbons (Fsp3) is 0.357. The molecule has 1 aromatic heterocycles. The van der Waals surface area contributed by atoms with Crippen molar-refractivity contribution in [1.29, 1.82) is 0 Å². The minimum atomic E-state index is -0.985. The highest BCUT2D eigenvalue weighted by atomic mass is 35.5. The molecular formula is C14H16ClN3O2. The van der Waals surface area contributed by atoms with Gasteiger partial charge in [0, 0.05) is 17.9 Å². The number of hydrogen-bond acceptors (Lipinski definition) is 3. The fourth-order valence-corrected chi connectivity index (χ4v) is 2.17. The summed E-state index contributed by atoms with van der Waals surface area (Å²) in [6.07, 6.45) is 1.57. The summed E-state index contributed by atoms with van der Waals surface area (Å²) in [7, 11) is 0. The van der Waals surface area contributed by atoms with Crippen LogP contribution in [0.4, 0.5) is 0 Å². The monoisotopic (exact) mass is 293 g/mol. The van der Waals surface area contributed by atoms with Gasteiger partial charge in [-0.3, -0.25) is 0 Å². The predicted molar refractivity (Wildman–Crippen MR) is 76.3 cm³/mol. The van der Waals surface area contributed by atoms with Gasteiger partial charge < -0.3 is 5.11 Å². The van der Waals surface area contributed by atoms with Crippen LogP contribution >= 0.6 is 11.6 Å². The van der Waals surface area contributed by atoms with Gasteiger partial charge in [0.15, 0.2) is 5.82 Å². The van der Waals surface area contributed by atoms with Crippen LogP contribution in [0.2, 0.25) is 5.02 Å². The fourth-order valence-electron chi connectivity index (χ4n) is 1.93. The van der Waals surface area contributed by atoms with E-state index in [1.807, 2.05) is 18.5 Å². The third-order valence-electron chi connectivity index (χ3n) is 3.04. The Morgan fingerprint density at radius 3 is 2.65 bits per heavy atom. The number of nitrogens with zero attached hydrogens (tertiary/aromatic N) is 3. The summed E-state index contributed by atoms with van der Waals surface area (Å²) in [5.74, 6) is 0.724. The Labute approximate surface area is 122 Å². The van der Waals surface area contributed by atoms with Gasteiger partial charge >= 0.3 is 5.97 Å². The van der Waals surface area contributed by atoms with Crippen molar-refractivity contribution in [1.82, 2.24) is 14.8 Å². The maximum Gasteiger partial charge on any atom is 0.335 e. The lowest BCUT2D eigenvalue weighted by Crippen LogP contribution is -2.07. The average Bonchev–Trinajstić information content (AvgIpc) is 2.83. The van der Waals surface area contributed by atoms with Crippen LogP contribution in [0.3, 0.4) is 0 Å². The summed E-state index contributed by atoms with van der Waals surface area (Å²) < 4.78 is 1.82. The van der Waals surface area contributed by atoms with Crippen LogP contribution in [-0.4, -0.2) is 25.8 Å². The highest BCUT2D eigenvalue weighted by molar-refractivity contribution is 6.31. The number of carbonyl (C=O) groups is 1. The highest BCUT2D eigenvalue weighted by Gasteiger charge is 2.11. The van der Waals surface area contributed by atoms with Crippen LogP contribution < -0.4 is 0 Å². The molecule has 2 rings (SSSR count). The average molecular weight is 294 g/mol. The second-order valence-electron chi connectivity index (χ2n) is 4.42. The number of carboxylic acid groups (broad SMARTS) is 1. The topological polar surface area (TPSA) is 68.0 Å². The largest absolute Gasteiger partial charge is 0.478 e. The molecule has 0 spiro atoms. The Morgan fingerprint density at radius 1 is 1.35 bits per heavy atom. The summed E-state index contributed by atoms with van der Waals surface area (Å²) in [4.78, 5) is 15.3. The van der Waals surface area contributed by atoms with E-state index in [1.54, 1.807) is 12.1 Å². The SMILES string of the molecule is CCc1nc(CC)n(Cc2ccc(C(=O)O)cc2Cl)n1. The van der Waals surface area contributed by atoms with Gasteiger partial charge in [0.25, 0.3) is 0 Å². The van der Waals surface area contributed by atoms with Gasteiger partial charge in [-0.05, 0) is 17.7 Å². The number of carboxylic acids is 1. The van der Waals surface area contributed by atoms with E-state index in [0.29, 0.717) is 11.6 Å². The van der Waals surface area contributed by atoms with Crippen LogP contribution in [0.1, 0.15) is 41.4 Å². The second kappa shape index (κ2) is 6.05. The van der Waals surface area contributed by atoms with E-state index in [0.717, 1.165) is 30.1 Å². The standard InChI is InChI=1S/C14H16ClN3O2/c1-3-12-16-13(4-2)18(17-12)8-10-6-5-9(14(19)20)7-11(10)15/h5-7H,3-4,8H2,1-2H3,(H,19,20). The second-order valence-corrected chi connectivity index (χ2v) is 4.83. The smallest absolute Gasteiger partial charge is 0.335 e. The lowest BCUT2D eigenvalue weighted by atomic mass is 10.1. The minimum Gasteiger partial charge on any atom is -0.478 e. The zero-order valence-electron chi connectivity index (χ0n) is 11.4. The van der Waals surface area contributed by atoms with Crippen molar-refractivity contribution in [2.75, 3.05) is 0 Å². The molecule has 1 aromatic carbocycles. The van der Waals surface area contributed by atoms with Crippen LogP contribution in [0.25, 0.3) is 0 Å². The van der Waals surface area contributed by atoms with Gasteiger partial charge in [0.2, 0.25) is 0 Å². The van der Waals surface area contributed by atoms with Crippen LogP contribution in [0.5, 0.6) is 0 Å². The molecule has 0 bridgehead atoms. The third kappa shape index (κ3) is 2.99. The predicted octanol–water partition coefficient (Wildman–Crippen LogP) is 2.80. The first-order valence-corrected chi connectivity index (χ1v) is 6.87. The van der Waals surface area contributed by atoms with E-state index >= 15 is 0 Å². The molecule has 0 aliphatic heterocycles. The van der Waals surface area contributed by atoms with E-state index in [4.69, 9.17) is 16.7 Å². The number of hydrogen-bond donors (Lipinski definition) is 1. The number of rotatable bonds is 5. The van der Waals surface area contributed by atoms with Crippen molar-refractivity contribution in [3.63, 3.8) is 0 Å². The molecule has 0 fully saturated rings. The lowest BCUT2D eigenvalue weighted by Gasteiger charge is -2.07. The van der Waals surface area contributed by atoms with E-state index < -0.39 is 5.97 Å². The van der Waals surface area contributed by atoms with E-state index in [1.165, 1.54) is 6.07 Å². The number of aromatic nitrogens is 3. The molecule has 0 saturated carbocycles. The van der Waals surface area contributed by atoms with Crippen molar-refractivity contribution in [3.8, 4) is 0 Å². The molecule has 5 nitrogen and oxygen atoms in total. The van der Waals surface area contributed by atoms with Gasteiger partial charge in [0.1, 0.15) is 5.82 Å². The van der Waals surface area contributed by atoms with Crippen molar-refractivity contribution >= 4 is 17.6 Å². The first kappa shape index (κ1) is 14.5. The summed E-state index contributed by atoms with van der Waals surface area (Å²) in [5, 5.41) is 13.8. The van der Waals surface area contributed by atoms with Crippen molar-refractivity contribution < 1.29 is 9.90 Å².